The van der Waals surface area contributed by atoms with E-state index in [1.54, 1.807) is 16.7 Å². The zero-order valence-corrected chi connectivity index (χ0v) is 10.4. The second-order valence-electron chi connectivity index (χ2n) is 4.90. The molecule has 94 valence electrons. The van der Waals surface area contributed by atoms with Crippen molar-refractivity contribution in [1.82, 2.24) is 9.47 Å². The predicted molar refractivity (Wildman–Crippen MR) is 68.9 cm³/mol. The molecule has 2 atom stereocenters. The van der Waals surface area contributed by atoms with Gasteiger partial charge in [0, 0.05) is 37.4 Å². The van der Waals surface area contributed by atoms with E-state index in [1.165, 1.54) is 0 Å². The van der Waals surface area contributed by atoms with Gasteiger partial charge in [-0.2, -0.15) is 0 Å². The van der Waals surface area contributed by atoms with Crippen molar-refractivity contribution in [2.24, 2.45) is 5.73 Å². The van der Waals surface area contributed by atoms with Gasteiger partial charge in [0.25, 0.3) is 5.56 Å². The summed E-state index contributed by atoms with van der Waals surface area (Å²) in [6, 6.07) is 6.16. The van der Waals surface area contributed by atoms with Crippen LogP contribution in [-0.2, 0) is 6.54 Å². The summed E-state index contributed by atoms with van der Waals surface area (Å²) in [6.07, 6.45) is 3.97. The highest BCUT2D eigenvalue weighted by Gasteiger charge is 2.22. The van der Waals surface area contributed by atoms with Crippen molar-refractivity contribution in [3.05, 3.63) is 34.7 Å². The molecule has 0 spiro atoms. The number of nitrogens with two attached hydrogens (primary N) is 1. The average Bonchev–Trinajstić information content (AvgIpc) is 2.30. The Morgan fingerprint density at radius 1 is 1.41 bits per heavy atom. The third kappa shape index (κ3) is 3.17. The molecule has 17 heavy (non-hydrogen) atoms. The molecule has 1 aliphatic rings. The number of likely N-dealkylation sites (tertiary alicyclic amines) is 1. The lowest BCUT2D eigenvalue weighted by molar-refractivity contribution is 0.142. The third-order valence-electron chi connectivity index (χ3n) is 3.58. The molecule has 2 N–H and O–H groups in total. The van der Waals surface area contributed by atoms with Gasteiger partial charge in [0.2, 0.25) is 0 Å². The summed E-state index contributed by atoms with van der Waals surface area (Å²) in [4.78, 5) is 14.0. The van der Waals surface area contributed by atoms with Crippen molar-refractivity contribution in [2.75, 3.05) is 13.1 Å². The van der Waals surface area contributed by atoms with E-state index >= 15 is 0 Å². The first-order valence-corrected chi connectivity index (χ1v) is 6.32. The maximum Gasteiger partial charge on any atom is 0.250 e. The van der Waals surface area contributed by atoms with Crippen LogP contribution in [0.25, 0.3) is 0 Å². The first kappa shape index (κ1) is 12.3. The Labute approximate surface area is 102 Å². The van der Waals surface area contributed by atoms with Gasteiger partial charge in [0.05, 0.1) is 0 Å². The monoisotopic (exact) mass is 235 g/mol. The molecule has 0 bridgehead atoms. The van der Waals surface area contributed by atoms with Crippen molar-refractivity contribution in [2.45, 2.75) is 38.4 Å². The Kier molecular flexibility index (Phi) is 3.97. The lowest BCUT2D eigenvalue weighted by atomic mass is 9.99. The number of hydrogen-bond donors (Lipinski definition) is 1. The van der Waals surface area contributed by atoms with E-state index in [-0.39, 0.29) is 5.56 Å². The van der Waals surface area contributed by atoms with Crippen LogP contribution in [0, 0.1) is 0 Å². The Balaban J connectivity index is 1.90. The zero-order chi connectivity index (χ0) is 12.3. The molecular weight excluding hydrogens is 214 g/mol. The fourth-order valence-electron chi connectivity index (χ4n) is 2.47. The maximum atomic E-state index is 11.5. The molecule has 4 heteroatoms. The summed E-state index contributed by atoms with van der Waals surface area (Å²) in [6.45, 7) is 4.95. The quantitative estimate of drug-likeness (QED) is 0.837. The fraction of sp³-hybridized carbons (Fsp3) is 0.615. The lowest BCUT2D eigenvalue weighted by Gasteiger charge is -2.36. The molecule has 0 saturated carbocycles. The van der Waals surface area contributed by atoms with Crippen molar-refractivity contribution >= 4 is 0 Å². The molecule has 1 aromatic heterocycles. The number of rotatable bonds is 3. The molecular formula is C13H21N3O. The van der Waals surface area contributed by atoms with Crippen LogP contribution in [0.5, 0.6) is 0 Å². The topological polar surface area (TPSA) is 51.3 Å². The Morgan fingerprint density at radius 2 is 2.24 bits per heavy atom. The smallest absolute Gasteiger partial charge is 0.250 e. The molecule has 0 aromatic carbocycles. The van der Waals surface area contributed by atoms with Crippen molar-refractivity contribution in [3.8, 4) is 0 Å². The van der Waals surface area contributed by atoms with Crippen LogP contribution in [0.15, 0.2) is 29.2 Å². The zero-order valence-electron chi connectivity index (χ0n) is 10.4. The standard InChI is InChI=1S/C13H21N3O/c1-11-10-12(14)5-7-15(11)8-9-16-6-3-2-4-13(16)17/h2-4,6,11-12H,5,7-10,14H2,1H3. The lowest BCUT2D eigenvalue weighted by Crippen LogP contribution is -2.46. The fourth-order valence-corrected chi connectivity index (χ4v) is 2.47. The van der Waals surface area contributed by atoms with Gasteiger partial charge in [-0.05, 0) is 32.4 Å². The summed E-state index contributed by atoms with van der Waals surface area (Å²) in [5.74, 6) is 0. The number of nitrogens with zero attached hydrogens (tertiary/aromatic N) is 2. The van der Waals surface area contributed by atoms with Crippen LogP contribution in [-0.4, -0.2) is 34.6 Å². The molecule has 1 aromatic rings. The average molecular weight is 235 g/mol. The molecule has 0 amide bonds. The number of aromatic nitrogens is 1. The number of pyridine rings is 1. The van der Waals surface area contributed by atoms with Crippen molar-refractivity contribution in [3.63, 3.8) is 0 Å². The van der Waals surface area contributed by atoms with Crippen LogP contribution >= 0.6 is 0 Å². The molecule has 2 rings (SSSR count). The van der Waals surface area contributed by atoms with Crippen molar-refractivity contribution in [1.29, 1.82) is 0 Å². The number of piperidine rings is 1. The van der Waals surface area contributed by atoms with E-state index in [4.69, 9.17) is 5.73 Å². The highest BCUT2D eigenvalue weighted by atomic mass is 16.1. The Hall–Kier alpha value is -1.13. The van der Waals surface area contributed by atoms with E-state index in [2.05, 4.69) is 11.8 Å². The second kappa shape index (κ2) is 5.47. The van der Waals surface area contributed by atoms with E-state index in [0.717, 1.165) is 32.5 Å². The van der Waals surface area contributed by atoms with Gasteiger partial charge in [0.15, 0.2) is 0 Å². The molecule has 2 unspecified atom stereocenters. The van der Waals surface area contributed by atoms with E-state index in [9.17, 15) is 4.79 Å². The maximum absolute atomic E-state index is 11.5. The van der Waals surface area contributed by atoms with Crippen LogP contribution in [0.2, 0.25) is 0 Å². The van der Waals surface area contributed by atoms with E-state index in [1.807, 2.05) is 12.3 Å². The van der Waals surface area contributed by atoms with Crippen LogP contribution in [0.3, 0.4) is 0 Å². The van der Waals surface area contributed by atoms with E-state index < -0.39 is 0 Å². The molecule has 4 nitrogen and oxygen atoms in total. The van der Waals surface area contributed by atoms with Crippen LogP contribution in [0.1, 0.15) is 19.8 Å². The third-order valence-corrected chi connectivity index (χ3v) is 3.58. The largest absolute Gasteiger partial charge is 0.328 e. The molecule has 1 saturated heterocycles. The summed E-state index contributed by atoms with van der Waals surface area (Å²) >= 11 is 0. The molecule has 0 aliphatic carbocycles. The first-order valence-electron chi connectivity index (χ1n) is 6.32. The SMILES string of the molecule is CC1CC(N)CCN1CCn1ccccc1=O. The summed E-state index contributed by atoms with van der Waals surface area (Å²) < 4.78 is 1.77. The number of hydrogen-bond acceptors (Lipinski definition) is 3. The van der Waals surface area contributed by atoms with Crippen LogP contribution in [0.4, 0.5) is 0 Å². The molecule has 2 heterocycles. The minimum Gasteiger partial charge on any atom is -0.328 e. The summed E-state index contributed by atoms with van der Waals surface area (Å²) in [5.41, 5.74) is 6.01. The minimum atomic E-state index is 0.0777. The predicted octanol–water partition coefficient (Wildman–Crippen LogP) is 0.660. The highest BCUT2D eigenvalue weighted by Crippen LogP contribution is 2.15. The Bertz CT molecular complexity index is 415. The van der Waals surface area contributed by atoms with Crippen molar-refractivity contribution < 1.29 is 0 Å². The summed E-state index contributed by atoms with van der Waals surface area (Å²) in [5, 5.41) is 0. The summed E-state index contributed by atoms with van der Waals surface area (Å²) in [7, 11) is 0. The van der Waals surface area contributed by atoms with E-state index in [0.29, 0.717) is 12.1 Å². The minimum absolute atomic E-state index is 0.0777. The normalized spacial score (nSPS) is 26.0. The Morgan fingerprint density at radius 3 is 2.94 bits per heavy atom. The van der Waals surface area contributed by atoms with Gasteiger partial charge in [0.1, 0.15) is 0 Å². The molecule has 1 aliphatic heterocycles. The van der Waals surface area contributed by atoms with Gasteiger partial charge in [-0.1, -0.05) is 6.07 Å². The molecule has 1 fully saturated rings. The van der Waals surface area contributed by atoms with Gasteiger partial charge in [-0.25, -0.2) is 0 Å². The van der Waals surface area contributed by atoms with Crippen LogP contribution < -0.4 is 11.3 Å². The van der Waals surface area contributed by atoms with Gasteiger partial charge in [-0.15, -0.1) is 0 Å². The first-order chi connectivity index (χ1) is 8.16. The van der Waals surface area contributed by atoms with Gasteiger partial charge in [-0.3, -0.25) is 9.69 Å². The van der Waals surface area contributed by atoms with Gasteiger partial charge < -0.3 is 10.3 Å². The van der Waals surface area contributed by atoms with Gasteiger partial charge >= 0.3 is 0 Å². The second-order valence-corrected chi connectivity index (χ2v) is 4.90. The molecule has 0 radical (unpaired) electrons. The highest BCUT2D eigenvalue weighted by molar-refractivity contribution is 4.93.